The quantitative estimate of drug-likeness (QED) is 0.811. The molecule has 4 nitrogen and oxygen atoms in total. The van der Waals surface area contributed by atoms with E-state index in [1.54, 1.807) is 12.4 Å². The van der Waals surface area contributed by atoms with E-state index in [9.17, 15) is 0 Å². The lowest BCUT2D eigenvalue weighted by molar-refractivity contribution is 0.0618. The summed E-state index contributed by atoms with van der Waals surface area (Å²) in [5, 5.41) is 0. The van der Waals surface area contributed by atoms with Crippen molar-refractivity contribution in [1.82, 2.24) is 9.97 Å². The summed E-state index contributed by atoms with van der Waals surface area (Å²) in [6, 6.07) is 0.0642. The summed E-state index contributed by atoms with van der Waals surface area (Å²) in [5.41, 5.74) is 7.14. The largest absolute Gasteiger partial charge is 0.381 e. The molecule has 0 aliphatic carbocycles. The molecular formula is C11H17N3O. The van der Waals surface area contributed by atoms with Crippen LogP contribution < -0.4 is 5.73 Å². The van der Waals surface area contributed by atoms with Gasteiger partial charge in [0.1, 0.15) is 6.33 Å². The van der Waals surface area contributed by atoms with Gasteiger partial charge in [-0.05, 0) is 25.2 Å². The molecule has 1 aliphatic rings. The lowest BCUT2D eigenvalue weighted by Gasteiger charge is -2.24. The third-order valence-corrected chi connectivity index (χ3v) is 2.94. The molecule has 0 bridgehead atoms. The normalized spacial score (nSPS) is 20.1. The predicted molar refractivity (Wildman–Crippen MR) is 57.1 cm³/mol. The molecule has 0 saturated carbocycles. The van der Waals surface area contributed by atoms with Crippen molar-refractivity contribution in [1.29, 1.82) is 0 Å². The van der Waals surface area contributed by atoms with Gasteiger partial charge in [-0.3, -0.25) is 0 Å². The zero-order valence-electron chi connectivity index (χ0n) is 8.80. The Morgan fingerprint density at radius 3 is 2.67 bits per heavy atom. The third kappa shape index (κ3) is 2.97. The van der Waals surface area contributed by atoms with Crippen molar-refractivity contribution in [2.75, 3.05) is 13.2 Å². The average molecular weight is 207 g/mol. The van der Waals surface area contributed by atoms with Gasteiger partial charge >= 0.3 is 0 Å². The molecule has 1 unspecified atom stereocenters. The van der Waals surface area contributed by atoms with Crippen LogP contribution in [0.4, 0.5) is 0 Å². The minimum Gasteiger partial charge on any atom is -0.381 e. The van der Waals surface area contributed by atoms with Crippen LogP contribution in [0.3, 0.4) is 0 Å². The van der Waals surface area contributed by atoms with Crippen LogP contribution in [-0.4, -0.2) is 23.2 Å². The molecule has 0 spiro atoms. The van der Waals surface area contributed by atoms with E-state index in [1.165, 1.54) is 6.33 Å². The van der Waals surface area contributed by atoms with Crippen molar-refractivity contribution >= 4 is 0 Å². The maximum Gasteiger partial charge on any atom is 0.115 e. The fourth-order valence-electron chi connectivity index (χ4n) is 1.98. The standard InChI is InChI=1S/C11H17N3O/c12-11(10-6-13-8-14-7-10)5-9-1-3-15-4-2-9/h6-9,11H,1-5,12H2. The Balaban J connectivity index is 1.88. The molecule has 2 heterocycles. The van der Waals surface area contributed by atoms with Crippen LogP contribution in [0, 0.1) is 5.92 Å². The second-order valence-corrected chi connectivity index (χ2v) is 4.07. The minimum atomic E-state index is 0.0642. The van der Waals surface area contributed by atoms with Gasteiger partial charge < -0.3 is 10.5 Å². The number of rotatable bonds is 3. The lowest BCUT2D eigenvalue weighted by Crippen LogP contribution is -2.21. The van der Waals surface area contributed by atoms with E-state index in [0.717, 1.165) is 38.0 Å². The zero-order chi connectivity index (χ0) is 10.5. The van der Waals surface area contributed by atoms with Crippen LogP contribution >= 0.6 is 0 Å². The van der Waals surface area contributed by atoms with Gasteiger partial charge in [0.05, 0.1) is 0 Å². The van der Waals surface area contributed by atoms with Gasteiger partial charge in [-0.1, -0.05) is 0 Å². The number of hydrogen-bond acceptors (Lipinski definition) is 4. The molecule has 1 saturated heterocycles. The summed E-state index contributed by atoms with van der Waals surface area (Å²) in [6.45, 7) is 1.76. The average Bonchev–Trinajstić information content (AvgIpc) is 2.31. The lowest BCUT2D eigenvalue weighted by atomic mass is 9.91. The van der Waals surface area contributed by atoms with E-state index in [1.807, 2.05) is 0 Å². The smallest absolute Gasteiger partial charge is 0.115 e. The van der Waals surface area contributed by atoms with Crippen LogP contribution in [0.25, 0.3) is 0 Å². The van der Waals surface area contributed by atoms with Gasteiger partial charge in [0.2, 0.25) is 0 Å². The van der Waals surface area contributed by atoms with Crippen LogP contribution in [0.1, 0.15) is 30.9 Å². The van der Waals surface area contributed by atoms with Crippen molar-refractivity contribution < 1.29 is 4.74 Å². The van der Waals surface area contributed by atoms with Gasteiger partial charge in [0, 0.05) is 37.2 Å². The first-order valence-electron chi connectivity index (χ1n) is 5.44. The van der Waals surface area contributed by atoms with Crippen LogP contribution in [0.2, 0.25) is 0 Å². The predicted octanol–water partition coefficient (Wildman–Crippen LogP) is 1.29. The summed E-state index contributed by atoms with van der Waals surface area (Å²) >= 11 is 0. The third-order valence-electron chi connectivity index (χ3n) is 2.94. The molecule has 1 fully saturated rings. The molecule has 1 aromatic heterocycles. The molecule has 0 amide bonds. The summed E-state index contributed by atoms with van der Waals surface area (Å²) in [6.07, 6.45) is 8.40. The van der Waals surface area contributed by atoms with Gasteiger partial charge in [-0.2, -0.15) is 0 Å². The van der Waals surface area contributed by atoms with Crippen LogP contribution in [0.15, 0.2) is 18.7 Å². The second-order valence-electron chi connectivity index (χ2n) is 4.07. The van der Waals surface area contributed by atoms with Crippen molar-refractivity contribution in [3.8, 4) is 0 Å². The molecule has 1 aromatic rings. The van der Waals surface area contributed by atoms with E-state index in [4.69, 9.17) is 10.5 Å². The summed E-state index contributed by atoms with van der Waals surface area (Å²) < 4.78 is 5.32. The van der Waals surface area contributed by atoms with Gasteiger partial charge in [0.15, 0.2) is 0 Å². The van der Waals surface area contributed by atoms with Crippen molar-refractivity contribution in [2.24, 2.45) is 11.7 Å². The highest BCUT2D eigenvalue weighted by molar-refractivity contribution is 5.08. The first-order chi connectivity index (χ1) is 7.36. The summed E-state index contributed by atoms with van der Waals surface area (Å²) in [4.78, 5) is 7.97. The first-order valence-corrected chi connectivity index (χ1v) is 5.44. The van der Waals surface area contributed by atoms with Crippen LogP contribution in [-0.2, 0) is 4.74 Å². The Kier molecular flexibility index (Phi) is 3.64. The molecule has 2 N–H and O–H groups in total. The highest BCUT2D eigenvalue weighted by Gasteiger charge is 2.18. The molecule has 1 aliphatic heterocycles. The number of nitrogens with two attached hydrogens (primary N) is 1. The van der Waals surface area contributed by atoms with Gasteiger partial charge in [-0.25, -0.2) is 9.97 Å². The van der Waals surface area contributed by atoms with E-state index >= 15 is 0 Å². The van der Waals surface area contributed by atoms with Gasteiger partial charge in [-0.15, -0.1) is 0 Å². The number of hydrogen-bond donors (Lipinski definition) is 1. The number of nitrogens with zero attached hydrogens (tertiary/aromatic N) is 2. The summed E-state index contributed by atoms with van der Waals surface area (Å²) in [7, 11) is 0. The summed E-state index contributed by atoms with van der Waals surface area (Å²) in [5.74, 6) is 0.689. The molecule has 0 aromatic carbocycles. The molecule has 2 rings (SSSR count). The molecule has 15 heavy (non-hydrogen) atoms. The maximum atomic E-state index is 6.11. The van der Waals surface area contributed by atoms with E-state index in [0.29, 0.717) is 5.92 Å². The SMILES string of the molecule is NC(CC1CCOCC1)c1cncnc1. The Hall–Kier alpha value is -1.00. The Morgan fingerprint density at radius 2 is 2.00 bits per heavy atom. The fourth-order valence-corrected chi connectivity index (χ4v) is 1.98. The van der Waals surface area contributed by atoms with Crippen molar-refractivity contribution in [2.45, 2.75) is 25.3 Å². The van der Waals surface area contributed by atoms with Crippen molar-refractivity contribution in [3.63, 3.8) is 0 Å². The number of aromatic nitrogens is 2. The minimum absolute atomic E-state index is 0.0642. The highest BCUT2D eigenvalue weighted by atomic mass is 16.5. The topological polar surface area (TPSA) is 61.0 Å². The van der Waals surface area contributed by atoms with Gasteiger partial charge in [0.25, 0.3) is 0 Å². The monoisotopic (exact) mass is 207 g/mol. The molecule has 4 heteroatoms. The Labute approximate surface area is 89.9 Å². The zero-order valence-corrected chi connectivity index (χ0v) is 8.80. The fraction of sp³-hybridized carbons (Fsp3) is 0.636. The first kappa shape index (κ1) is 10.5. The van der Waals surface area contributed by atoms with E-state index < -0.39 is 0 Å². The van der Waals surface area contributed by atoms with Crippen LogP contribution in [0.5, 0.6) is 0 Å². The Bertz CT molecular complexity index is 285. The second kappa shape index (κ2) is 5.19. The molecule has 1 atom stereocenters. The van der Waals surface area contributed by atoms with E-state index in [2.05, 4.69) is 9.97 Å². The number of ether oxygens (including phenoxy) is 1. The molecular weight excluding hydrogens is 190 g/mol. The Morgan fingerprint density at radius 1 is 1.33 bits per heavy atom. The highest BCUT2D eigenvalue weighted by Crippen LogP contribution is 2.25. The van der Waals surface area contributed by atoms with Crippen molar-refractivity contribution in [3.05, 3.63) is 24.3 Å². The molecule has 0 radical (unpaired) electrons. The van der Waals surface area contributed by atoms with E-state index in [-0.39, 0.29) is 6.04 Å². The maximum absolute atomic E-state index is 6.11. The molecule has 82 valence electrons.